The van der Waals surface area contributed by atoms with Crippen LogP contribution in [0.25, 0.3) is 0 Å². The van der Waals surface area contributed by atoms with Crippen LogP contribution in [0.3, 0.4) is 0 Å². The number of unbranched alkanes of at least 4 members (excludes halogenated alkanes) is 1. The van der Waals surface area contributed by atoms with Gasteiger partial charge in [0, 0.05) is 12.6 Å². The van der Waals surface area contributed by atoms with Crippen LogP contribution < -0.4 is 10.5 Å². The van der Waals surface area contributed by atoms with Crippen LogP contribution in [0.4, 0.5) is 0 Å². The van der Waals surface area contributed by atoms with Crippen LogP contribution in [-0.4, -0.2) is 36.1 Å². The summed E-state index contributed by atoms with van der Waals surface area (Å²) in [5, 5.41) is 19.4. The minimum absolute atomic E-state index is 0.140. The summed E-state index contributed by atoms with van der Waals surface area (Å²) >= 11 is 0. The molecule has 1 aliphatic rings. The Morgan fingerprint density at radius 2 is 2.17 bits per heavy atom. The van der Waals surface area contributed by atoms with Crippen molar-refractivity contribution >= 4 is 6.21 Å². The van der Waals surface area contributed by atoms with E-state index in [1.54, 1.807) is 30.5 Å². The zero-order chi connectivity index (χ0) is 16.5. The number of aliphatic hydroxyl groups excluding tert-OH is 1. The van der Waals surface area contributed by atoms with Gasteiger partial charge in [0.1, 0.15) is 18.4 Å². The Balaban J connectivity index is 1.90. The molecular formula is C18H23N3O2. The van der Waals surface area contributed by atoms with Gasteiger partial charge in [-0.05, 0) is 44.0 Å². The van der Waals surface area contributed by atoms with Crippen LogP contribution in [0.15, 0.2) is 41.4 Å². The number of nitrogens with two attached hydrogens (primary N) is 1. The molecule has 3 N–H and O–H groups in total. The summed E-state index contributed by atoms with van der Waals surface area (Å²) in [6, 6.07) is 9.10. The standard InChI is InChI=1S/C18H23N3O2/c19-10-4-3-8-18(9-5-11-21-18)12-16(22)14-23-17-7-2-1-6-15(17)13-20/h1-2,5-7,9,11,16,22H,3-4,8,10,12,14,19H2. The highest BCUT2D eigenvalue weighted by atomic mass is 16.5. The predicted molar refractivity (Wildman–Crippen MR) is 90.5 cm³/mol. The van der Waals surface area contributed by atoms with Crippen molar-refractivity contribution in [1.29, 1.82) is 5.26 Å². The monoisotopic (exact) mass is 313 g/mol. The molecule has 0 saturated heterocycles. The van der Waals surface area contributed by atoms with Crippen molar-refractivity contribution < 1.29 is 9.84 Å². The highest BCUT2D eigenvalue weighted by Gasteiger charge is 2.30. The number of aliphatic hydroxyl groups is 1. The molecule has 0 bridgehead atoms. The zero-order valence-electron chi connectivity index (χ0n) is 13.2. The Bertz CT molecular complexity index is 593. The van der Waals surface area contributed by atoms with E-state index in [1.807, 2.05) is 12.2 Å². The van der Waals surface area contributed by atoms with Crippen LogP contribution in [0.2, 0.25) is 0 Å². The van der Waals surface area contributed by atoms with Gasteiger partial charge in [-0.3, -0.25) is 4.99 Å². The van der Waals surface area contributed by atoms with Gasteiger partial charge in [0.25, 0.3) is 0 Å². The molecule has 0 aliphatic carbocycles. The third-order valence-corrected chi connectivity index (χ3v) is 3.92. The van der Waals surface area contributed by atoms with Crippen molar-refractivity contribution in [2.75, 3.05) is 13.2 Å². The van der Waals surface area contributed by atoms with Crippen LogP contribution in [0.1, 0.15) is 31.2 Å². The largest absolute Gasteiger partial charge is 0.490 e. The average molecular weight is 313 g/mol. The second-order valence-corrected chi connectivity index (χ2v) is 5.76. The van der Waals surface area contributed by atoms with E-state index in [9.17, 15) is 5.11 Å². The maximum Gasteiger partial charge on any atom is 0.137 e. The van der Waals surface area contributed by atoms with E-state index in [4.69, 9.17) is 15.7 Å². The number of allylic oxidation sites excluding steroid dienone is 1. The van der Waals surface area contributed by atoms with Crippen molar-refractivity contribution in [3.8, 4) is 11.8 Å². The second-order valence-electron chi connectivity index (χ2n) is 5.76. The first-order valence-corrected chi connectivity index (χ1v) is 7.92. The Morgan fingerprint density at radius 1 is 1.35 bits per heavy atom. The van der Waals surface area contributed by atoms with Crippen molar-refractivity contribution in [3.05, 3.63) is 42.0 Å². The van der Waals surface area contributed by atoms with Gasteiger partial charge < -0.3 is 15.6 Å². The van der Waals surface area contributed by atoms with Gasteiger partial charge in [0.15, 0.2) is 0 Å². The summed E-state index contributed by atoms with van der Waals surface area (Å²) in [5.74, 6) is 0.497. The summed E-state index contributed by atoms with van der Waals surface area (Å²) in [5.41, 5.74) is 5.66. The molecule has 1 aliphatic heterocycles. The minimum atomic E-state index is -0.653. The van der Waals surface area contributed by atoms with Gasteiger partial charge >= 0.3 is 0 Å². The predicted octanol–water partition coefficient (Wildman–Crippen LogP) is 2.20. The molecule has 0 aromatic heterocycles. The van der Waals surface area contributed by atoms with Crippen molar-refractivity contribution in [2.45, 2.75) is 37.3 Å². The molecule has 0 saturated carbocycles. The first-order valence-electron chi connectivity index (χ1n) is 7.92. The fourth-order valence-electron chi connectivity index (χ4n) is 2.74. The lowest BCUT2D eigenvalue weighted by Gasteiger charge is -2.27. The number of ether oxygens (including phenoxy) is 1. The van der Waals surface area contributed by atoms with E-state index in [-0.39, 0.29) is 12.1 Å². The molecule has 0 fully saturated rings. The molecule has 5 heteroatoms. The van der Waals surface area contributed by atoms with Crippen molar-refractivity contribution in [3.63, 3.8) is 0 Å². The highest BCUT2D eigenvalue weighted by Crippen LogP contribution is 2.29. The van der Waals surface area contributed by atoms with E-state index < -0.39 is 6.10 Å². The molecule has 2 unspecified atom stereocenters. The Labute approximate surface area is 137 Å². The Kier molecular flexibility index (Phi) is 6.33. The van der Waals surface area contributed by atoms with E-state index in [0.29, 0.717) is 24.3 Å². The number of hydrogen-bond acceptors (Lipinski definition) is 5. The van der Waals surface area contributed by atoms with E-state index in [0.717, 1.165) is 19.3 Å². The topological polar surface area (TPSA) is 91.6 Å². The van der Waals surface area contributed by atoms with E-state index in [2.05, 4.69) is 11.1 Å². The molecule has 122 valence electrons. The molecule has 0 amide bonds. The molecule has 5 nitrogen and oxygen atoms in total. The normalized spacial score (nSPS) is 20.4. The Hall–Kier alpha value is -2.16. The smallest absolute Gasteiger partial charge is 0.137 e. The van der Waals surface area contributed by atoms with Crippen molar-refractivity contribution in [1.82, 2.24) is 0 Å². The van der Waals surface area contributed by atoms with Crippen LogP contribution in [0, 0.1) is 11.3 Å². The molecule has 23 heavy (non-hydrogen) atoms. The highest BCUT2D eigenvalue weighted by molar-refractivity contribution is 5.75. The van der Waals surface area contributed by atoms with Gasteiger partial charge in [-0.2, -0.15) is 5.26 Å². The zero-order valence-corrected chi connectivity index (χ0v) is 13.2. The molecular weight excluding hydrogens is 290 g/mol. The maximum absolute atomic E-state index is 10.3. The number of nitriles is 1. The number of hydrogen-bond donors (Lipinski definition) is 2. The SMILES string of the molecule is N#Cc1ccccc1OCC(O)CC1(CCCCN)C=CC=N1. The fourth-order valence-corrected chi connectivity index (χ4v) is 2.74. The number of benzene rings is 1. The summed E-state index contributed by atoms with van der Waals surface area (Å²) in [7, 11) is 0. The Morgan fingerprint density at radius 3 is 2.87 bits per heavy atom. The lowest BCUT2D eigenvalue weighted by Crippen LogP contribution is -2.31. The molecule has 0 radical (unpaired) electrons. The molecule has 0 spiro atoms. The minimum Gasteiger partial charge on any atom is -0.490 e. The van der Waals surface area contributed by atoms with Gasteiger partial charge in [0.2, 0.25) is 0 Å². The maximum atomic E-state index is 10.3. The first-order chi connectivity index (χ1) is 11.2. The fraction of sp³-hybridized carbons (Fsp3) is 0.444. The quantitative estimate of drug-likeness (QED) is 0.684. The van der Waals surface area contributed by atoms with Gasteiger partial charge in [-0.15, -0.1) is 0 Å². The number of para-hydroxylation sites is 1. The van der Waals surface area contributed by atoms with E-state index in [1.165, 1.54) is 0 Å². The lowest BCUT2D eigenvalue weighted by atomic mass is 9.88. The van der Waals surface area contributed by atoms with Gasteiger partial charge in [-0.1, -0.05) is 18.2 Å². The molecule has 1 aromatic rings. The summed E-state index contributed by atoms with van der Waals surface area (Å²) in [6.07, 6.45) is 8.37. The lowest BCUT2D eigenvalue weighted by molar-refractivity contribution is 0.0842. The van der Waals surface area contributed by atoms with Crippen LogP contribution in [0.5, 0.6) is 5.75 Å². The molecule has 2 rings (SSSR count). The molecule has 1 aromatic carbocycles. The number of nitrogens with zero attached hydrogens (tertiary/aromatic N) is 2. The molecule has 2 atom stereocenters. The summed E-state index contributed by atoms with van der Waals surface area (Å²) in [4.78, 5) is 4.52. The number of aliphatic imine (C=N–C) groups is 1. The van der Waals surface area contributed by atoms with Crippen molar-refractivity contribution in [2.24, 2.45) is 10.7 Å². The van der Waals surface area contributed by atoms with E-state index >= 15 is 0 Å². The second kappa shape index (κ2) is 8.47. The molecule has 1 heterocycles. The summed E-state index contributed by atoms with van der Waals surface area (Å²) in [6.45, 7) is 0.806. The van der Waals surface area contributed by atoms with Crippen LogP contribution in [-0.2, 0) is 0 Å². The van der Waals surface area contributed by atoms with Gasteiger partial charge in [0.05, 0.1) is 17.2 Å². The third kappa shape index (κ3) is 4.92. The first kappa shape index (κ1) is 17.2. The number of rotatable bonds is 9. The third-order valence-electron chi connectivity index (χ3n) is 3.92. The average Bonchev–Trinajstić information content (AvgIpc) is 3.02. The van der Waals surface area contributed by atoms with Gasteiger partial charge in [-0.25, -0.2) is 0 Å². The van der Waals surface area contributed by atoms with Crippen LogP contribution >= 0.6 is 0 Å². The summed E-state index contributed by atoms with van der Waals surface area (Å²) < 4.78 is 5.60.